The normalized spacial score (nSPS) is 46.9. The highest BCUT2D eigenvalue weighted by Gasteiger charge is 2.47. The van der Waals surface area contributed by atoms with Gasteiger partial charge >= 0.3 is 0 Å². The van der Waals surface area contributed by atoms with Crippen molar-refractivity contribution < 1.29 is 5.11 Å². The molecule has 2 saturated heterocycles. The molecule has 3 fully saturated rings. The first-order valence-electron chi connectivity index (χ1n) is 7.62. The zero-order valence-corrected chi connectivity index (χ0v) is 11.3. The summed E-state index contributed by atoms with van der Waals surface area (Å²) in [6.07, 6.45) is 8.95. The Morgan fingerprint density at radius 3 is 2.06 bits per heavy atom. The van der Waals surface area contributed by atoms with Crippen LogP contribution in [0, 0.1) is 11.8 Å². The first-order chi connectivity index (χ1) is 8.16. The molecule has 2 heteroatoms. The van der Waals surface area contributed by atoms with Crippen molar-refractivity contribution in [1.29, 1.82) is 0 Å². The maximum atomic E-state index is 10.0. The smallest absolute Gasteiger partial charge is 0.0555 e. The molecule has 2 bridgehead atoms. The summed E-state index contributed by atoms with van der Waals surface area (Å²) in [5.74, 6) is 1.59. The molecule has 0 aromatic rings. The lowest BCUT2D eigenvalue weighted by atomic mass is 9.76. The van der Waals surface area contributed by atoms with Gasteiger partial charge in [-0.25, -0.2) is 0 Å². The van der Waals surface area contributed by atoms with Crippen molar-refractivity contribution >= 4 is 0 Å². The van der Waals surface area contributed by atoms with Crippen molar-refractivity contribution in [3.63, 3.8) is 0 Å². The Kier molecular flexibility index (Phi) is 3.20. The largest absolute Gasteiger partial charge is 0.393 e. The predicted octanol–water partition coefficient (Wildman–Crippen LogP) is 2.80. The summed E-state index contributed by atoms with van der Waals surface area (Å²) >= 11 is 0. The van der Waals surface area contributed by atoms with Gasteiger partial charge in [-0.05, 0) is 56.8 Å². The van der Waals surface area contributed by atoms with E-state index in [1.165, 1.54) is 32.1 Å². The fourth-order valence-corrected chi connectivity index (χ4v) is 4.76. The zero-order valence-electron chi connectivity index (χ0n) is 11.3. The maximum absolute atomic E-state index is 10.0. The standard InChI is InChI=1S/C15H27NO/c1-10(2)14-8-7-13(17)9-15(14)16-11-3-4-12(16)6-5-11/h10-15,17H,3-9H2,1-2H3. The fourth-order valence-electron chi connectivity index (χ4n) is 4.76. The summed E-state index contributed by atoms with van der Waals surface area (Å²) in [7, 11) is 0. The highest BCUT2D eigenvalue weighted by molar-refractivity contribution is 5.01. The molecular weight excluding hydrogens is 210 g/mol. The van der Waals surface area contributed by atoms with Crippen LogP contribution in [-0.4, -0.2) is 34.2 Å². The van der Waals surface area contributed by atoms with Crippen LogP contribution in [0.1, 0.15) is 58.8 Å². The van der Waals surface area contributed by atoms with E-state index in [0.29, 0.717) is 6.04 Å². The third-order valence-electron chi connectivity index (χ3n) is 5.59. The van der Waals surface area contributed by atoms with Crippen LogP contribution in [0.25, 0.3) is 0 Å². The van der Waals surface area contributed by atoms with Crippen LogP contribution in [0.5, 0.6) is 0 Å². The molecule has 2 nitrogen and oxygen atoms in total. The van der Waals surface area contributed by atoms with Crippen molar-refractivity contribution in [1.82, 2.24) is 4.90 Å². The quantitative estimate of drug-likeness (QED) is 0.798. The average Bonchev–Trinajstić information content (AvgIpc) is 2.87. The molecule has 0 spiro atoms. The molecule has 2 heterocycles. The van der Waals surface area contributed by atoms with E-state index in [1.807, 2.05) is 0 Å². The fraction of sp³-hybridized carbons (Fsp3) is 1.00. The molecule has 2 aliphatic heterocycles. The van der Waals surface area contributed by atoms with Crippen LogP contribution >= 0.6 is 0 Å². The second-order valence-electron chi connectivity index (χ2n) is 6.85. The van der Waals surface area contributed by atoms with E-state index in [0.717, 1.165) is 36.8 Å². The van der Waals surface area contributed by atoms with Gasteiger partial charge in [0, 0.05) is 18.1 Å². The van der Waals surface area contributed by atoms with Gasteiger partial charge in [0.2, 0.25) is 0 Å². The number of rotatable bonds is 2. The molecule has 17 heavy (non-hydrogen) atoms. The molecule has 0 amide bonds. The molecule has 0 aromatic heterocycles. The van der Waals surface area contributed by atoms with E-state index in [4.69, 9.17) is 0 Å². The Labute approximate surface area is 105 Å². The lowest BCUT2D eigenvalue weighted by Crippen LogP contribution is -2.49. The number of aliphatic hydroxyl groups excluding tert-OH is 1. The van der Waals surface area contributed by atoms with Crippen LogP contribution in [0.15, 0.2) is 0 Å². The van der Waals surface area contributed by atoms with Crippen LogP contribution < -0.4 is 0 Å². The Bertz CT molecular complexity index is 258. The van der Waals surface area contributed by atoms with E-state index in [-0.39, 0.29) is 6.10 Å². The molecule has 3 unspecified atom stereocenters. The van der Waals surface area contributed by atoms with Crippen molar-refractivity contribution in [2.45, 2.75) is 83.0 Å². The number of hydrogen-bond acceptors (Lipinski definition) is 2. The highest BCUT2D eigenvalue weighted by atomic mass is 16.3. The van der Waals surface area contributed by atoms with Gasteiger partial charge in [0.05, 0.1) is 6.10 Å². The van der Waals surface area contributed by atoms with Crippen molar-refractivity contribution in [2.24, 2.45) is 11.8 Å². The van der Waals surface area contributed by atoms with Crippen molar-refractivity contribution in [3.05, 3.63) is 0 Å². The third-order valence-corrected chi connectivity index (χ3v) is 5.59. The van der Waals surface area contributed by atoms with Gasteiger partial charge in [0.1, 0.15) is 0 Å². The minimum Gasteiger partial charge on any atom is -0.393 e. The van der Waals surface area contributed by atoms with Crippen molar-refractivity contribution in [3.8, 4) is 0 Å². The van der Waals surface area contributed by atoms with Gasteiger partial charge in [-0.3, -0.25) is 4.90 Å². The van der Waals surface area contributed by atoms with Gasteiger partial charge in [-0.15, -0.1) is 0 Å². The lowest BCUT2D eigenvalue weighted by molar-refractivity contribution is 0.00398. The topological polar surface area (TPSA) is 23.5 Å². The highest BCUT2D eigenvalue weighted by Crippen LogP contribution is 2.45. The molecule has 0 aromatic carbocycles. The molecule has 1 N–H and O–H groups in total. The van der Waals surface area contributed by atoms with Crippen molar-refractivity contribution in [2.75, 3.05) is 0 Å². The number of fused-ring (bicyclic) bond motifs is 2. The van der Waals surface area contributed by atoms with E-state index in [9.17, 15) is 5.11 Å². The van der Waals surface area contributed by atoms with Gasteiger partial charge < -0.3 is 5.11 Å². The molecule has 1 aliphatic carbocycles. The average molecular weight is 237 g/mol. The zero-order chi connectivity index (χ0) is 12.0. The summed E-state index contributed by atoms with van der Waals surface area (Å²) in [6.45, 7) is 4.74. The number of aliphatic hydroxyl groups is 1. The number of nitrogens with zero attached hydrogens (tertiary/aromatic N) is 1. The predicted molar refractivity (Wildman–Crippen MR) is 69.9 cm³/mol. The summed E-state index contributed by atoms with van der Waals surface area (Å²) in [4.78, 5) is 2.83. The van der Waals surface area contributed by atoms with Crippen LogP contribution in [0.3, 0.4) is 0 Å². The summed E-state index contributed by atoms with van der Waals surface area (Å²) in [6, 6.07) is 2.40. The SMILES string of the molecule is CC(C)C1CCC(O)CC1N1C2CCC1CC2. The Balaban J connectivity index is 1.78. The molecule has 3 atom stereocenters. The molecule has 3 rings (SSSR count). The summed E-state index contributed by atoms with van der Waals surface area (Å²) in [5.41, 5.74) is 0. The molecule has 0 radical (unpaired) electrons. The summed E-state index contributed by atoms with van der Waals surface area (Å²) < 4.78 is 0. The molecule has 3 aliphatic rings. The third kappa shape index (κ3) is 2.04. The second kappa shape index (κ2) is 4.55. The lowest BCUT2D eigenvalue weighted by Gasteiger charge is -2.44. The first-order valence-corrected chi connectivity index (χ1v) is 7.62. The maximum Gasteiger partial charge on any atom is 0.0555 e. The molecule has 98 valence electrons. The van der Waals surface area contributed by atoms with E-state index in [2.05, 4.69) is 18.7 Å². The minimum atomic E-state index is -0.0324. The van der Waals surface area contributed by atoms with Crippen LogP contribution in [-0.2, 0) is 0 Å². The Hall–Kier alpha value is -0.0800. The van der Waals surface area contributed by atoms with Crippen LogP contribution in [0.4, 0.5) is 0 Å². The van der Waals surface area contributed by atoms with Gasteiger partial charge in [0.15, 0.2) is 0 Å². The van der Waals surface area contributed by atoms with E-state index in [1.54, 1.807) is 0 Å². The van der Waals surface area contributed by atoms with E-state index >= 15 is 0 Å². The minimum absolute atomic E-state index is 0.0324. The number of hydrogen-bond donors (Lipinski definition) is 1. The van der Waals surface area contributed by atoms with Gasteiger partial charge in [-0.2, -0.15) is 0 Å². The first kappa shape index (κ1) is 12.0. The van der Waals surface area contributed by atoms with Gasteiger partial charge in [-0.1, -0.05) is 13.8 Å². The van der Waals surface area contributed by atoms with E-state index < -0.39 is 0 Å². The second-order valence-corrected chi connectivity index (χ2v) is 6.85. The molecule has 1 saturated carbocycles. The van der Waals surface area contributed by atoms with Gasteiger partial charge in [0.25, 0.3) is 0 Å². The monoisotopic (exact) mass is 237 g/mol. The Morgan fingerprint density at radius 1 is 0.941 bits per heavy atom. The molecular formula is C15H27NO. The Morgan fingerprint density at radius 2 is 1.53 bits per heavy atom. The van der Waals surface area contributed by atoms with Crippen LogP contribution in [0.2, 0.25) is 0 Å². The summed E-state index contributed by atoms with van der Waals surface area (Å²) in [5, 5.41) is 10.0.